The maximum atomic E-state index is 13.4. The number of benzene rings is 1. The van der Waals surface area contributed by atoms with Crippen LogP contribution in [0.4, 0.5) is 11.6 Å². The number of carbonyl (C=O) groups is 4. The van der Waals surface area contributed by atoms with Gasteiger partial charge in [0, 0.05) is 38.3 Å². The fraction of sp³-hybridized carbons (Fsp3) is 0.517. The Kier molecular flexibility index (Phi) is 9.80. The van der Waals surface area contributed by atoms with E-state index in [9.17, 15) is 24.3 Å². The second-order valence-corrected chi connectivity index (χ2v) is 11.0. The second kappa shape index (κ2) is 13.3. The predicted octanol–water partition coefficient (Wildman–Crippen LogP) is 3.52. The Morgan fingerprint density at radius 1 is 1.00 bits per heavy atom. The molecule has 1 atom stereocenters. The lowest BCUT2D eigenvalue weighted by molar-refractivity contribution is -0.153. The lowest BCUT2D eigenvalue weighted by Crippen LogP contribution is -2.55. The van der Waals surface area contributed by atoms with Crippen LogP contribution in [-0.4, -0.2) is 75.9 Å². The Morgan fingerprint density at radius 2 is 1.61 bits per heavy atom. The van der Waals surface area contributed by atoms with Crippen molar-refractivity contribution in [1.82, 2.24) is 20.2 Å². The molecule has 0 radical (unpaired) electrons. The average Bonchev–Trinajstić information content (AvgIpc) is 3.70. The van der Waals surface area contributed by atoms with E-state index in [0.717, 1.165) is 38.8 Å². The van der Waals surface area contributed by atoms with E-state index in [1.807, 2.05) is 4.90 Å². The van der Waals surface area contributed by atoms with Crippen LogP contribution < -0.4 is 15.5 Å². The zero-order valence-electron chi connectivity index (χ0n) is 23.5. The van der Waals surface area contributed by atoms with Crippen molar-refractivity contribution in [3.63, 3.8) is 0 Å². The van der Waals surface area contributed by atoms with Crippen molar-refractivity contribution in [2.24, 2.45) is 5.41 Å². The third-order valence-corrected chi connectivity index (χ3v) is 8.31. The molecule has 2 aliphatic rings. The van der Waals surface area contributed by atoms with Gasteiger partial charge in [0.2, 0.25) is 17.8 Å². The first-order chi connectivity index (χ1) is 19.7. The minimum Gasteiger partial charge on any atom is -0.480 e. The summed E-state index contributed by atoms with van der Waals surface area (Å²) in [6, 6.07) is 5.41. The minimum absolute atomic E-state index is 0.00759. The van der Waals surface area contributed by atoms with Crippen LogP contribution in [0.2, 0.25) is 5.02 Å². The van der Waals surface area contributed by atoms with Gasteiger partial charge in [-0.1, -0.05) is 37.6 Å². The number of halogens is 1. The van der Waals surface area contributed by atoms with Crippen LogP contribution in [0.1, 0.15) is 68.4 Å². The van der Waals surface area contributed by atoms with E-state index in [4.69, 9.17) is 11.6 Å². The van der Waals surface area contributed by atoms with Gasteiger partial charge in [0.1, 0.15) is 11.5 Å². The highest BCUT2D eigenvalue weighted by Crippen LogP contribution is 2.31. The summed E-state index contributed by atoms with van der Waals surface area (Å²) in [5.41, 5.74) is -0.126. The number of likely N-dealkylation sites (tertiary alicyclic amines) is 1. The molecular formula is C29H37ClN6O5. The molecule has 4 rings (SSSR count). The number of aromatic nitrogens is 2. The highest BCUT2D eigenvalue weighted by atomic mass is 35.5. The molecule has 1 aromatic carbocycles. The SMILES string of the molecule is CCC(CC)(C(=O)N[C@@H](Cc1ccc(NC(=O)c2nc(N3CCCC3)ncc2Cl)cc1)C(=O)O)C(=O)N1CCCC1. The molecule has 2 saturated heterocycles. The molecule has 2 aliphatic heterocycles. The van der Waals surface area contributed by atoms with Gasteiger partial charge in [0.25, 0.3) is 5.91 Å². The van der Waals surface area contributed by atoms with Crippen molar-refractivity contribution >= 4 is 46.9 Å². The van der Waals surface area contributed by atoms with E-state index in [1.54, 1.807) is 43.0 Å². The second-order valence-electron chi connectivity index (χ2n) is 10.6. The number of carboxylic acids is 1. The number of rotatable bonds is 11. The molecule has 2 aromatic rings. The molecule has 2 fully saturated rings. The number of nitrogens with zero attached hydrogens (tertiary/aromatic N) is 4. The number of hydrogen-bond donors (Lipinski definition) is 3. The van der Waals surface area contributed by atoms with Gasteiger partial charge in [-0.2, -0.15) is 0 Å². The van der Waals surface area contributed by atoms with E-state index in [1.165, 1.54) is 6.20 Å². The first-order valence-electron chi connectivity index (χ1n) is 14.2. The molecule has 11 nitrogen and oxygen atoms in total. The third kappa shape index (κ3) is 6.78. The van der Waals surface area contributed by atoms with Crippen LogP contribution in [0.5, 0.6) is 0 Å². The van der Waals surface area contributed by atoms with E-state index in [2.05, 4.69) is 20.6 Å². The summed E-state index contributed by atoms with van der Waals surface area (Å²) in [4.78, 5) is 64.0. The summed E-state index contributed by atoms with van der Waals surface area (Å²) in [6.45, 7) is 6.44. The maximum Gasteiger partial charge on any atom is 0.326 e. The number of aliphatic carboxylic acids is 1. The van der Waals surface area contributed by atoms with Crippen LogP contribution in [0.15, 0.2) is 30.5 Å². The fourth-order valence-corrected chi connectivity index (χ4v) is 5.60. The summed E-state index contributed by atoms with van der Waals surface area (Å²) in [6.07, 6.45) is 5.87. The molecule has 12 heteroatoms. The van der Waals surface area contributed by atoms with Crippen LogP contribution >= 0.6 is 11.6 Å². The highest BCUT2D eigenvalue weighted by molar-refractivity contribution is 6.34. The Bertz CT molecular complexity index is 1270. The average molecular weight is 585 g/mol. The number of carboxylic acid groups (broad SMARTS) is 1. The molecule has 3 heterocycles. The Labute approximate surface area is 244 Å². The van der Waals surface area contributed by atoms with E-state index >= 15 is 0 Å². The summed E-state index contributed by atoms with van der Waals surface area (Å²) in [7, 11) is 0. The van der Waals surface area contributed by atoms with Crippen molar-refractivity contribution in [3.05, 3.63) is 46.7 Å². The molecule has 0 bridgehead atoms. The van der Waals surface area contributed by atoms with Gasteiger partial charge in [0.05, 0.1) is 11.2 Å². The molecule has 220 valence electrons. The molecule has 0 unspecified atom stereocenters. The summed E-state index contributed by atoms with van der Waals surface area (Å²) in [5, 5.41) is 15.4. The van der Waals surface area contributed by atoms with Crippen molar-refractivity contribution in [2.45, 2.75) is 64.8 Å². The zero-order valence-corrected chi connectivity index (χ0v) is 24.2. The number of carbonyl (C=O) groups excluding carboxylic acids is 3. The molecular weight excluding hydrogens is 548 g/mol. The lowest BCUT2D eigenvalue weighted by Gasteiger charge is -2.34. The highest BCUT2D eigenvalue weighted by Gasteiger charge is 2.46. The van der Waals surface area contributed by atoms with Crippen molar-refractivity contribution < 1.29 is 24.3 Å². The first-order valence-corrected chi connectivity index (χ1v) is 14.6. The molecule has 3 amide bonds. The minimum atomic E-state index is -1.30. The van der Waals surface area contributed by atoms with E-state index in [-0.39, 0.29) is 35.9 Å². The van der Waals surface area contributed by atoms with Crippen molar-refractivity contribution in [3.8, 4) is 0 Å². The molecule has 3 N–H and O–H groups in total. The van der Waals surface area contributed by atoms with E-state index in [0.29, 0.717) is 30.3 Å². The number of nitrogens with one attached hydrogen (secondary N) is 2. The Balaban J connectivity index is 1.42. The fourth-order valence-electron chi connectivity index (χ4n) is 5.43. The van der Waals surface area contributed by atoms with Crippen molar-refractivity contribution in [1.29, 1.82) is 0 Å². The number of amides is 3. The van der Waals surface area contributed by atoms with Gasteiger partial charge >= 0.3 is 5.97 Å². The monoisotopic (exact) mass is 584 g/mol. The Morgan fingerprint density at radius 3 is 2.20 bits per heavy atom. The van der Waals surface area contributed by atoms with Crippen molar-refractivity contribution in [2.75, 3.05) is 36.4 Å². The van der Waals surface area contributed by atoms with Gasteiger partial charge in [-0.25, -0.2) is 14.8 Å². The molecule has 41 heavy (non-hydrogen) atoms. The molecule has 0 saturated carbocycles. The Hall–Kier alpha value is -3.73. The largest absolute Gasteiger partial charge is 0.480 e. The van der Waals surface area contributed by atoms with Crippen LogP contribution in [-0.2, 0) is 20.8 Å². The standard InChI is InChI=1S/C29H37ClN6O5/c1-3-29(4-2,27(41)35-13-5-6-14-35)26(40)33-22(25(38)39)17-19-9-11-20(12-10-19)32-24(37)23-21(30)18-31-28(34-23)36-15-7-8-16-36/h9-12,18,22H,3-8,13-17H2,1-2H3,(H,32,37)(H,33,40)(H,38,39)/t22-/m0/s1. The maximum absolute atomic E-state index is 13.4. The smallest absolute Gasteiger partial charge is 0.326 e. The third-order valence-electron chi connectivity index (χ3n) is 8.03. The number of anilines is 2. The lowest BCUT2D eigenvalue weighted by atomic mass is 9.79. The normalized spacial score (nSPS) is 16.0. The van der Waals surface area contributed by atoms with Crippen LogP contribution in [0.3, 0.4) is 0 Å². The molecule has 0 aliphatic carbocycles. The van der Waals surface area contributed by atoms with E-state index < -0.39 is 29.2 Å². The van der Waals surface area contributed by atoms with Gasteiger partial charge in [-0.05, 0) is 56.2 Å². The zero-order chi connectivity index (χ0) is 29.6. The molecule has 0 spiro atoms. The van der Waals surface area contributed by atoms with Crippen LogP contribution in [0.25, 0.3) is 0 Å². The number of hydrogen-bond acceptors (Lipinski definition) is 7. The topological polar surface area (TPSA) is 145 Å². The summed E-state index contributed by atoms with van der Waals surface area (Å²) >= 11 is 6.21. The predicted molar refractivity (Wildman–Crippen MR) is 155 cm³/mol. The summed E-state index contributed by atoms with van der Waals surface area (Å²) < 4.78 is 0. The van der Waals surface area contributed by atoms with Gasteiger partial charge < -0.3 is 25.5 Å². The molecule has 1 aromatic heterocycles. The van der Waals surface area contributed by atoms with Gasteiger partial charge in [-0.15, -0.1) is 0 Å². The van der Waals surface area contributed by atoms with Crippen LogP contribution in [0, 0.1) is 5.41 Å². The first kappa shape index (κ1) is 30.2. The summed E-state index contributed by atoms with van der Waals surface area (Å²) in [5.74, 6) is -2.02. The quantitative estimate of drug-likeness (QED) is 0.340. The van der Waals surface area contributed by atoms with Gasteiger partial charge in [0.15, 0.2) is 5.69 Å². The van der Waals surface area contributed by atoms with Gasteiger partial charge in [-0.3, -0.25) is 14.4 Å².